The molecule has 0 bridgehead atoms. The summed E-state index contributed by atoms with van der Waals surface area (Å²) >= 11 is 0. The number of aromatic nitrogens is 1. The molecule has 0 amide bonds. The molecule has 2 heteroatoms. The minimum Gasteiger partial charge on any atom is -0.377 e. The zero-order valence-electron chi connectivity index (χ0n) is 13.7. The Kier molecular flexibility index (Phi) is 3.38. The van der Waals surface area contributed by atoms with Crippen LogP contribution in [-0.2, 0) is 6.54 Å². The highest BCUT2D eigenvalue weighted by Crippen LogP contribution is 2.32. The maximum absolute atomic E-state index is 2.36. The summed E-state index contributed by atoms with van der Waals surface area (Å²) < 4.78 is 2.34. The van der Waals surface area contributed by atoms with Crippen molar-refractivity contribution in [1.29, 1.82) is 0 Å². The largest absolute Gasteiger partial charge is 0.377 e. The van der Waals surface area contributed by atoms with E-state index in [4.69, 9.17) is 0 Å². The van der Waals surface area contributed by atoms with Gasteiger partial charge >= 0.3 is 0 Å². The molecule has 2 aromatic carbocycles. The van der Waals surface area contributed by atoms with Crippen molar-refractivity contribution in [3.8, 4) is 0 Å². The van der Waals surface area contributed by atoms with E-state index >= 15 is 0 Å². The van der Waals surface area contributed by atoms with Gasteiger partial charge in [0.25, 0.3) is 0 Å². The summed E-state index contributed by atoms with van der Waals surface area (Å²) in [6.45, 7) is 1.08. The maximum atomic E-state index is 2.36. The second kappa shape index (κ2) is 5.54. The molecule has 0 radical (unpaired) electrons. The Balaban J connectivity index is 1.88. The van der Waals surface area contributed by atoms with Crippen LogP contribution in [0.15, 0.2) is 60.8 Å². The minimum atomic E-state index is 1.08. The minimum absolute atomic E-state index is 1.08. The van der Waals surface area contributed by atoms with E-state index in [1.807, 2.05) is 0 Å². The predicted octanol–water partition coefficient (Wildman–Crippen LogP) is 4.14. The van der Waals surface area contributed by atoms with Crippen molar-refractivity contribution in [3.63, 3.8) is 0 Å². The smallest absolute Gasteiger partial charge is 0.208 e. The number of pyridine rings is 1. The van der Waals surface area contributed by atoms with Gasteiger partial charge in [-0.1, -0.05) is 30.3 Å². The third kappa shape index (κ3) is 2.40. The molecule has 2 heterocycles. The Bertz CT molecular complexity index is 907. The molecular formula is C21H21N2+. The van der Waals surface area contributed by atoms with Gasteiger partial charge in [-0.15, -0.1) is 0 Å². The van der Waals surface area contributed by atoms with Crippen molar-refractivity contribution < 1.29 is 4.57 Å². The Labute approximate surface area is 137 Å². The van der Waals surface area contributed by atoms with Crippen molar-refractivity contribution in [1.82, 2.24) is 0 Å². The molecule has 1 aromatic heterocycles. The van der Waals surface area contributed by atoms with Crippen LogP contribution in [0.25, 0.3) is 22.4 Å². The van der Waals surface area contributed by atoms with E-state index < -0.39 is 0 Å². The number of anilines is 1. The highest BCUT2D eigenvalue weighted by Gasteiger charge is 2.23. The SMILES string of the molecule is CN(C)c1ccc(C=C2CC[n+]3ccccc32)c2ccccc12. The van der Waals surface area contributed by atoms with Gasteiger partial charge in [0.05, 0.1) is 0 Å². The topological polar surface area (TPSA) is 7.12 Å². The zero-order chi connectivity index (χ0) is 15.8. The van der Waals surface area contributed by atoms with Crippen molar-refractivity contribution in [2.45, 2.75) is 13.0 Å². The molecule has 0 unspecified atom stereocenters. The quantitative estimate of drug-likeness (QED) is 0.645. The third-order valence-corrected chi connectivity index (χ3v) is 4.64. The first kappa shape index (κ1) is 14.0. The first-order chi connectivity index (χ1) is 11.2. The van der Waals surface area contributed by atoms with Gasteiger partial charge in [-0.25, -0.2) is 0 Å². The highest BCUT2D eigenvalue weighted by atomic mass is 15.1. The lowest BCUT2D eigenvalue weighted by Gasteiger charge is -2.16. The molecule has 4 rings (SSSR count). The number of benzene rings is 2. The van der Waals surface area contributed by atoms with Crippen LogP contribution < -0.4 is 9.47 Å². The molecule has 0 saturated heterocycles. The van der Waals surface area contributed by atoms with Gasteiger partial charge in [-0.05, 0) is 29.2 Å². The molecule has 114 valence electrons. The van der Waals surface area contributed by atoms with E-state index in [1.54, 1.807) is 0 Å². The van der Waals surface area contributed by atoms with Gasteiger partial charge in [0.1, 0.15) is 0 Å². The van der Waals surface area contributed by atoms with Crippen LogP contribution in [0, 0.1) is 0 Å². The van der Waals surface area contributed by atoms with E-state index in [0.29, 0.717) is 0 Å². The summed E-state index contributed by atoms with van der Waals surface area (Å²) in [4.78, 5) is 2.18. The highest BCUT2D eigenvalue weighted by molar-refractivity contribution is 6.01. The van der Waals surface area contributed by atoms with Crippen molar-refractivity contribution >= 4 is 28.1 Å². The normalized spacial score (nSPS) is 15.1. The third-order valence-electron chi connectivity index (χ3n) is 4.64. The van der Waals surface area contributed by atoms with E-state index in [2.05, 4.69) is 90.4 Å². The lowest BCUT2D eigenvalue weighted by molar-refractivity contribution is -0.689. The second-order valence-electron chi connectivity index (χ2n) is 6.31. The predicted molar refractivity (Wildman–Crippen MR) is 97.4 cm³/mol. The monoisotopic (exact) mass is 301 g/mol. The Morgan fingerprint density at radius 2 is 1.70 bits per heavy atom. The zero-order valence-corrected chi connectivity index (χ0v) is 13.7. The molecular weight excluding hydrogens is 280 g/mol. The number of nitrogens with zero attached hydrogens (tertiary/aromatic N) is 2. The number of rotatable bonds is 2. The van der Waals surface area contributed by atoms with Crippen molar-refractivity contribution in [2.24, 2.45) is 0 Å². The molecule has 1 aliphatic rings. The summed E-state index contributed by atoms with van der Waals surface area (Å²) in [7, 11) is 4.20. The van der Waals surface area contributed by atoms with Crippen LogP contribution in [0.5, 0.6) is 0 Å². The molecule has 0 aliphatic carbocycles. The van der Waals surface area contributed by atoms with Gasteiger partial charge in [0.15, 0.2) is 12.7 Å². The van der Waals surface area contributed by atoms with Gasteiger partial charge in [0, 0.05) is 49.3 Å². The van der Waals surface area contributed by atoms with Crippen LogP contribution >= 0.6 is 0 Å². The summed E-state index contributed by atoms with van der Waals surface area (Å²) in [6, 6.07) is 19.6. The first-order valence-corrected chi connectivity index (χ1v) is 8.12. The van der Waals surface area contributed by atoms with Crippen LogP contribution in [0.3, 0.4) is 0 Å². The fourth-order valence-electron chi connectivity index (χ4n) is 3.49. The molecule has 3 aromatic rings. The average molecular weight is 301 g/mol. The fourth-order valence-corrected chi connectivity index (χ4v) is 3.49. The van der Waals surface area contributed by atoms with Gasteiger partial charge in [-0.3, -0.25) is 0 Å². The number of hydrogen-bond acceptors (Lipinski definition) is 1. The Morgan fingerprint density at radius 3 is 2.52 bits per heavy atom. The van der Waals surface area contributed by atoms with Crippen LogP contribution in [0.4, 0.5) is 5.69 Å². The second-order valence-corrected chi connectivity index (χ2v) is 6.31. The van der Waals surface area contributed by atoms with E-state index in [9.17, 15) is 0 Å². The molecule has 0 saturated carbocycles. The first-order valence-electron chi connectivity index (χ1n) is 8.12. The molecule has 2 nitrogen and oxygen atoms in total. The van der Waals surface area contributed by atoms with E-state index in [-0.39, 0.29) is 0 Å². The average Bonchev–Trinajstić information content (AvgIpc) is 2.98. The van der Waals surface area contributed by atoms with Gasteiger partial charge < -0.3 is 4.90 Å². The van der Waals surface area contributed by atoms with Crippen LogP contribution in [0.1, 0.15) is 17.7 Å². The van der Waals surface area contributed by atoms with Crippen molar-refractivity contribution in [3.05, 3.63) is 72.1 Å². The molecule has 0 N–H and O–H groups in total. The van der Waals surface area contributed by atoms with Gasteiger partial charge in [-0.2, -0.15) is 4.57 Å². The standard InChI is InChI=1S/C21H21N2/c1-22(2)21-11-10-16(18-7-3-4-8-19(18)21)15-17-12-14-23-13-6-5-9-20(17)23/h3-11,13,15H,12,14H2,1-2H3/q+1. The molecule has 0 spiro atoms. The van der Waals surface area contributed by atoms with Crippen molar-refractivity contribution in [2.75, 3.05) is 19.0 Å². The van der Waals surface area contributed by atoms with E-state index in [0.717, 1.165) is 13.0 Å². The fraction of sp³-hybridized carbons (Fsp3) is 0.190. The maximum Gasteiger partial charge on any atom is 0.208 e. The molecule has 23 heavy (non-hydrogen) atoms. The number of hydrogen-bond donors (Lipinski definition) is 0. The summed E-state index contributed by atoms with van der Waals surface area (Å²) in [5.74, 6) is 0. The molecule has 1 aliphatic heterocycles. The Morgan fingerprint density at radius 1 is 0.913 bits per heavy atom. The summed E-state index contributed by atoms with van der Waals surface area (Å²) in [6.07, 6.45) is 5.64. The summed E-state index contributed by atoms with van der Waals surface area (Å²) in [5, 5.41) is 2.63. The van der Waals surface area contributed by atoms with Gasteiger partial charge in [0.2, 0.25) is 5.69 Å². The van der Waals surface area contributed by atoms with Crippen LogP contribution in [-0.4, -0.2) is 14.1 Å². The molecule has 0 fully saturated rings. The Hall–Kier alpha value is -2.61. The van der Waals surface area contributed by atoms with E-state index in [1.165, 1.54) is 33.3 Å². The molecule has 0 atom stereocenters. The summed E-state index contributed by atoms with van der Waals surface area (Å²) in [5.41, 5.74) is 5.34. The lowest BCUT2D eigenvalue weighted by atomic mass is 9.99. The number of fused-ring (bicyclic) bond motifs is 2. The number of allylic oxidation sites excluding steroid dienone is 1. The van der Waals surface area contributed by atoms with Crippen LogP contribution in [0.2, 0.25) is 0 Å². The lowest BCUT2D eigenvalue weighted by Crippen LogP contribution is -2.31. The number of aryl methyl sites for hydroxylation is 1.